The highest BCUT2D eigenvalue weighted by molar-refractivity contribution is 6.32. The van der Waals surface area contributed by atoms with Gasteiger partial charge in [-0.15, -0.1) is 0 Å². The molecule has 27 heavy (non-hydrogen) atoms. The van der Waals surface area contributed by atoms with Crippen molar-refractivity contribution in [3.05, 3.63) is 47.1 Å². The summed E-state index contributed by atoms with van der Waals surface area (Å²) in [6, 6.07) is 2.23. The molecule has 140 valence electrons. The van der Waals surface area contributed by atoms with E-state index in [1.165, 1.54) is 18.0 Å². The molecular formula is C18H16ClF2N5O. The molecular weight excluding hydrogens is 376 g/mol. The predicted octanol–water partition coefficient (Wildman–Crippen LogP) is 3.80. The van der Waals surface area contributed by atoms with Crippen molar-refractivity contribution in [3.8, 4) is 16.9 Å². The molecule has 0 unspecified atom stereocenters. The van der Waals surface area contributed by atoms with Crippen molar-refractivity contribution in [2.24, 2.45) is 0 Å². The van der Waals surface area contributed by atoms with Crippen molar-refractivity contribution in [2.45, 2.75) is 12.8 Å². The summed E-state index contributed by atoms with van der Waals surface area (Å²) in [5.74, 6) is -1.23. The summed E-state index contributed by atoms with van der Waals surface area (Å²) in [5.41, 5.74) is 1.22. The number of halogens is 3. The van der Waals surface area contributed by atoms with Crippen LogP contribution in [0, 0.1) is 11.6 Å². The summed E-state index contributed by atoms with van der Waals surface area (Å²) in [4.78, 5) is 10.2. The molecule has 1 aromatic carbocycles. The molecule has 0 bridgehead atoms. The number of hydrogen-bond donors (Lipinski definition) is 0. The Labute approximate surface area is 159 Å². The first-order valence-electron chi connectivity index (χ1n) is 8.33. The minimum atomic E-state index is -0.791. The molecule has 0 N–H and O–H groups in total. The normalized spacial score (nSPS) is 14.6. The molecule has 0 radical (unpaired) electrons. The monoisotopic (exact) mass is 391 g/mol. The van der Waals surface area contributed by atoms with Crippen molar-refractivity contribution in [1.29, 1.82) is 0 Å². The van der Waals surface area contributed by atoms with Crippen LogP contribution in [-0.4, -0.2) is 45.2 Å². The van der Waals surface area contributed by atoms with Gasteiger partial charge in [0.05, 0.1) is 23.9 Å². The lowest BCUT2D eigenvalue weighted by atomic mass is 9.96. The van der Waals surface area contributed by atoms with Gasteiger partial charge in [-0.2, -0.15) is 19.6 Å². The molecule has 3 aromatic rings. The second kappa shape index (κ2) is 6.77. The maximum atomic E-state index is 14.8. The molecule has 0 fully saturated rings. The lowest BCUT2D eigenvalue weighted by molar-refractivity contribution is 0.407. The summed E-state index contributed by atoms with van der Waals surface area (Å²) in [6.07, 6.45) is 4.87. The smallest absolute Gasteiger partial charge is 0.254 e. The lowest BCUT2D eigenvalue weighted by Crippen LogP contribution is -2.19. The zero-order valence-electron chi connectivity index (χ0n) is 14.7. The van der Waals surface area contributed by atoms with Crippen LogP contribution >= 0.6 is 11.6 Å². The average Bonchev–Trinajstić information content (AvgIpc) is 3.08. The number of hydrogen-bond acceptors (Lipinski definition) is 5. The van der Waals surface area contributed by atoms with E-state index in [2.05, 4.69) is 15.1 Å². The number of fused-ring (bicyclic) bond motifs is 1. The molecule has 0 aliphatic carbocycles. The second-order valence-electron chi connectivity index (χ2n) is 6.30. The third-order valence-electron chi connectivity index (χ3n) is 4.52. The third kappa shape index (κ3) is 2.99. The van der Waals surface area contributed by atoms with Gasteiger partial charge in [0.15, 0.2) is 0 Å². The first-order chi connectivity index (χ1) is 13.0. The van der Waals surface area contributed by atoms with Crippen molar-refractivity contribution in [1.82, 2.24) is 24.5 Å². The summed E-state index contributed by atoms with van der Waals surface area (Å²) in [7, 11) is 3.28. The Morgan fingerprint density at radius 3 is 2.59 bits per heavy atom. The molecule has 0 atom stereocenters. The zero-order chi connectivity index (χ0) is 19.1. The Bertz CT molecular complexity index is 1040. The number of methoxy groups -OCH3 is 1. The maximum absolute atomic E-state index is 14.8. The van der Waals surface area contributed by atoms with Crippen molar-refractivity contribution in [2.75, 3.05) is 20.7 Å². The number of benzene rings is 1. The van der Waals surface area contributed by atoms with Crippen molar-refractivity contribution >= 4 is 23.0 Å². The summed E-state index contributed by atoms with van der Waals surface area (Å²) >= 11 is 6.38. The predicted molar refractivity (Wildman–Crippen MR) is 97.5 cm³/mol. The van der Waals surface area contributed by atoms with Gasteiger partial charge >= 0.3 is 0 Å². The molecule has 1 aliphatic rings. The van der Waals surface area contributed by atoms with Crippen LogP contribution in [0.5, 0.6) is 5.75 Å². The molecule has 6 nitrogen and oxygen atoms in total. The zero-order valence-corrected chi connectivity index (χ0v) is 15.5. The van der Waals surface area contributed by atoms with Crippen LogP contribution in [0.4, 0.5) is 8.78 Å². The SMILES string of the molecule is COc1cc(F)c(-c2c(Cl)nc3ncnn3c2C2=CN(C)CCC2)c(F)c1. The molecule has 0 saturated heterocycles. The Morgan fingerprint density at radius 2 is 1.93 bits per heavy atom. The van der Waals surface area contributed by atoms with E-state index in [0.29, 0.717) is 12.1 Å². The van der Waals surface area contributed by atoms with E-state index in [4.69, 9.17) is 16.3 Å². The van der Waals surface area contributed by atoms with Gasteiger partial charge in [0.1, 0.15) is 28.9 Å². The molecule has 3 heterocycles. The molecule has 0 amide bonds. The van der Waals surface area contributed by atoms with E-state index >= 15 is 0 Å². The Hall–Kier alpha value is -2.74. The number of rotatable bonds is 3. The van der Waals surface area contributed by atoms with E-state index in [1.54, 1.807) is 0 Å². The Balaban J connectivity index is 2.07. The highest BCUT2D eigenvalue weighted by atomic mass is 35.5. The van der Waals surface area contributed by atoms with Gasteiger partial charge in [-0.25, -0.2) is 8.78 Å². The van der Waals surface area contributed by atoms with Gasteiger partial charge in [0, 0.05) is 31.9 Å². The molecule has 0 spiro atoms. The highest BCUT2D eigenvalue weighted by Gasteiger charge is 2.26. The molecule has 0 saturated carbocycles. The van der Waals surface area contributed by atoms with Gasteiger partial charge in [0.2, 0.25) is 0 Å². The van der Waals surface area contributed by atoms with Crippen molar-refractivity contribution in [3.63, 3.8) is 0 Å². The Kier molecular flexibility index (Phi) is 4.43. The Morgan fingerprint density at radius 1 is 1.19 bits per heavy atom. The largest absolute Gasteiger partial charge is 0.497 e. The maximum Gasteiger partial charge on any atom is 0.254 e. The topological polar surface area (TPSA) is 55.6 Å². The van der Waals surface area contributed by atoms with Gasteiger partial charge in [-0.3, -0.25) is 0 Å². The van der Waals surface area contributed by atoms with E-state index < -0.39 is 11.6 Å². The average molecular weight is 392 g/mol. The fraction of sp³-hybridized carbons (Fsp3) is 0.278. The minimum Gasteiger partial charge on any atom is -0.497 e. The van der Waals surface area contributed by atoms with E-state index in [0.717, 1.165) is 30.7 Å². The van der Waals surface area contributed by atoms with E-state index in [9.17, 15) is 8.78 Å². The summed E-state index contributed by atoms with van der Waals surface area (Å²) in [5, 5.41) is 4.16. The quantitative estimate of drug-likeness (QED) is 0.636. The molecule has 4 rings (SSSR count). The van der Waals surface area contributed by atoms with Crippen molar-refractivity contribution < 1.29 is 13.5 Å². The fourth-order valence-corrected chi connectivity index (χ4v) is 3.59. The van der Waals surface area contributed by atoms with E-state index in [1.807, 2.05) is 18.1 Å². The van der Waals surface area contributed by atoms with Crippen LogP contribution in [0.15, 0.2) is 24.7 Å². The number of ether oxygens (including phenoxy) is 1. The fourth-order valence-electron chi connectivity index (χ4n) is 3.33. The van der Waals surface area contributed by atoms with Crippen LogP contribution in [0.25, 0.3) is 22.5 Å². The summed E-state index contributed by atoms with van der Waals surface area (Å²) < 4.78 is 36.1. The minimum absolute atomic E-state index is 0.0393. The standard InChI is InChI=1S/C18H16ClF2N5O/c1-25-5-3-4-10(8-25)16-15(17(19)24-18-22-9-23-26(16)18)14-12(20)6-11(27-2)7-13(14)21/h6-9H,3-5H2,1-2H3. The number of aromatic nitrogens is 4. The van der Waals surface area contributed by atoms with Gasteiger partial charge < -0.3 is 9.64 Å². The van der Waals surface area contributed by atoms with Gasteiger partial charge in [-0.05, 0) is 18.4 Å². The van der Waals surface area contributed by atoms with Crippen LogP contribution in [0.1, 0.15) is 18.5 Å². The molecule has 2 aromatic heterocycles. The molecule has 1 aliphatic heterocycles. The highest BCUT2D eigenvalue weighted by Crippen LogP contribution is 2.40. The lowest BCUT2D eigenvalue weighted by Gasteiger charge is -2.24. The number of nitrogens with zero attached hydrogens (tertiary/aromatic N) is 5. The van der Waals surface area contributed by atoms with Crippen LogP contribution < -0.4 is 4.74 Å². The van der Waals surface area contributed by atoms with Crippen LogP contribution in [0.2, 0.25) is 5.15 Å². The first-order valence-corrected chi connectivity index (χ1v) is 8.71. The second-order valence-corrected chi connectivity index (χ2v) is 6.66. The van der Waals surface area contributed by atoms with E-state index in [-0.39, 0.29) is 27.8 Å². The van der Waals surface area contributed by atoms with Crippen LogP contribution in [0.3, 0.4) is 0 Å². The first kappa shape index (κ1) is 17.7. The number of allylic oxidation sites excluding steroid dienone is 1. The van der Waals surface area contributed by atoms with Gasteiger partial charge in [-0.1, -0.05) is 11.6 Å². The summed E-state index contributed by atoms with van der Waals surface area (Å²) in [6.45, 7) is 0.892. The molecule has 9 heteroatoms. The van der Waals surface area contributed by atoms with Crippen LogP contribution in [-0.2, 0) is 0 Å². The van der Waals surface area contributed by atoms with Gasteiger partial charge in [0.25, 0.3) is 5.78 Å². The third-order valence-corrected chi connectivity index (χ3v) is 4.79.